The van der Waals surface area contributed by atoms with Gasteiger partial charge >= 0.3 is 0 Å². The van der Waals surface area contributed by atoms with E-state index in [4.69, 9.17) is 0 Å². The molecule has 1 aromatic carbocycles. The van der Waals surface area contributed by atoms with E-state index in [0.29, 0.717) is 5.56 Å². The van der Waals surface area contributed by atoms with Crippen molar-refractivity contribution in [3.8, 4) is 0 Å². The van der Waals surface area contributed by atoms with Gasteiger partial charge in [-0.15, -0.1) is 0 Å². The second-order valence-corrected chi connectivity index (χ2v) is 6.15. The monoisotopic (exact) mass is 278 g/mol. The molecule has 110 valence electrons. The van der Waals surface area contributed by atoms with Crippen LogP contribution in [0.2, 0.25) is 0 Å². The Morgan fingerprint density at radius 2 is 2.05 bits per heavy atom. The first-order chi connectivity index (χ1) is 9.40. The van der Waals surface area contributed by atoms with Crippen molar-refractivity contribution < 1.29 is 9.18 Å². The number of hydrogen-bond acceptors (Lipinski definition) is 2. The molecule has 4 heteroatoms. The molecule has 20 heavy (non-hydrogen) atoms. The number of hydrogen-bond donors (Lipinski definition) is 1. The number of carbonyl (C=O) groups excluding carboxylic acids is 1. The van der Waals surface area contributed by atoms with Gasteiger partial charge in [0.25, 0.3) is 0 Å². The maximum Gasteiger partial charge on any atom is 0.224 e. The van der Waals surface area contributed by atoms with Crippen LogP contribution in [0, 0.1) is 11.7 Å². The first-order valence-corrected chi connectivity index (χ1v) is 7.19. The fourth-order valence-corrected chi connectivity index (χ4v) is 2.50. The summed E-state index contributed by atoms with van der Waals surface area (Å²) in [7, 11) is 0. The fourth-order valence-electron chi connectivity index (χ4n) is 2.50. The Morgan fingerprint density at radius 3 is 2.60 bits per heavy atom. The standard InChI is InChI=1S/C16H23FN2O/c1-12(11-19-9-6-10-19)15(20)18-16(2,3)13-7-4-5-8-14(13)17/h4-5,7-8,12H,6,9-11H2,1-3H3,(H,18,20)/t12-/m0/s1. The lowest BCUT2D eigenvalue weighted by Gasteiger charge is -2.34. The van der Waals surface area contributed by atoms with E-state index in [1.54, 1.807) is 18.2 Å². The van der Waals surface area contributed by atoms with Crippen LogP contribution in [-0.4, -0.2) is 30.4 Å². The van der Waals surface area contributed by atoms with Crippen LogP contribution < -0.4 is 5.32 Å². The van der Waals surface area contributed by atoms with Gasteiger partial charge in [-0.05, 0) is 39.4 Å². The summed E-state index contributed by atoms with van der Waals surface area (Å²) in [6.45, 7) is 8.52. The predicted octanol–water partition coefficient (Wildman–Crippen LogP) is 2.52. The minimum absolute atomic E-state index is 0.0230. The molecule has 1 aromatic rings. The van der Waals surface area contributed by atoms with E-state index >= 15 is 0 Å². The molecule has 1 saturated heterocycles. The Hall–Kier alpha value is -1.42. The molecule has 1 aliphatic heterocycles. The number of carbonyl (C=O) groups is 1. The Kier molecular flexibility index (Phi) is 4.43. The summed E-state index contributed by atoms with van der Waals surface area (Å²) in [4.78, 5) is 14.5. The van der Waals surface area contributed by atoms with Gasteiger partial charge in [0.05, 0.1) is 5.54 Å². The molecule has 1 N–H and O–H groups in total. The van der Waals surface area contributed by atoms with E-state index in [1.165, 1.54) is 12.5 Å². The molecule has 0 unspecified atom stereocenters. The molecule has 1 amide bonds. The Labute approximate surface area is 120 Å². The van der Waals surface area contributed by atoms with Gasteiger partial charge in [0.15, 0.2) is 0 Å². The Morgan fingerprint density at radius 1 is 1.40 bits per heavy atom. The van der Waals surface area contributed by atoms with Crippen LogP contribution in [0.3, 0.4) is 0 Å². The molecule has 3 nitrogen and oxygen atoms in total. The smallest absolute Gasteiger partial charge is 0.224 e. The molecule has 1 atom stereocenters. The molecule has 0 aliphatic carbocycles. The highest BCUT2D eigenvalue weighted by Gasteiger charge is 2.29. The molecule has 0 aromatic heterocycles. The first-order valence-electron chi connectivity index (χ1n) is 7.19. The van der Waals surface area contributed by atoms with Gasteiger partial charge in [-0.2, -0.15) is 0 Å². The van der Waals surface area contributed by atoms with Crippen LogP contribution >= 0.6 is 0 Å². The third-order valence-electron chi connectivity index (χ3n) is 3.91. The lowest BCUT2D eigenvalue weighted by atomic mass is 9.92. The second kappa shape index (κ2) is 5.92. The third-order valence-corrected chi connectivity index (χ3v) is 3.91. The normalized spacial score (nSPS) is 17.4. The van der Waals surface area contributed by atoms with Gasteiger partial charge in [-0.1, -0.05) is 25.1 Å². The molecular weight excluding hydrogens is 255 g/mol. The van der Waals surface area contributed by atoms with E-state index < -0.39 is 5.54 Å². The quantitative estimate of drug-likeness (QED) is 0.897. The highest BCUT2D eigenvalue weighted by molar-refractivity contribution is 5.79. The molecule has 0 spiro atoms. The highest BCUT2D eigenvalue weighted by atomic mass is 19.1. The third kappa shape index (κ3) is 3.37. The maximum absolute atomic E-state index is 13.9. The van der Waals surface area contributed by atoms with E-state index in [2.05, 4.69) is 10.2 Å². The molecule has 0 saturated carbocycles. The van der Waals surface area contributed by atoms with Gasteiger partial charge in [-0.3, -0.25) is 4.79 Å². The summed E-state index contributed by atoms with van der Waals surface area (Å²) < 4.78 is 13.9. The molecule has 0 bridgehead atoms. The predicted molar refractivity (Wildman–Crippen MR) is 77.8 cm³/mol. The molecule has 1 heterocycles. The minimum atomic E-state index is -0.703. The molecular formula is C16H23FN2O. The van der Waals surface area contributed by atoms with E-state index in [0.717, 1.165) is 19.6 Å². The van der Waals surface area contributed by atoms with Crippen molar-refractivity contribution >= 4 is 5.91 Å². The fraction of sp³-hybridized carbons (Fsp3) is 0.562. The SMILES string of the molecule is C[C@@H](CN1CCC1)C(=O)NC(C)(C)c1ccccc1F. The van der Waals surface area contributed by atoms with E-state index in [-0.39, 0.29) is 17.6 Å². The Bertz CT molecular complexity index is 483. The van der Waals surface area contributed by atoms with Crippen molar-refractivity contribution in [3.63, 3.8) is 0 Å². The Balaban J connectivity index is 1.99. The van der Waals surface area contributed by atoms with Crippen LogP contribution in [0.1, 0.15) is 32.8 Å². The average molecular weight is 278 g/mol. The zero-order valence-electron chi connectivity index (χ0n) is 12.4. The number of nitrogens with zero attached hydrogens (tertiary/aromatic N) is 1. The minimum Gasteiger partial charge on any atom is -0.347 e. The lowest BCUT2D eigenvalue weighted by Crippen LogP contribution is -2.48. The lowest BCUT2D eigenvalue weighted by molar-refractivity contribution is -0.127. The second-order valence-electron chi connectivity index (χ2n) is 6.15. The van der Waals surface area contributed by atoms with Crippen molar-refractivity contribution in [1.29, 1.82) is 0 Å². The van der Waals surface area contributed by atoms with Crippen LogP contribution in [0.25, 0.3) is 0 Å². The van der Waals surface area contributed by atoms with Gasteiger partial charge < -0.3 is 10.2 Å². The zero-order chi connectivity index (χ0) is 14.8. The zero-order valence-corrected chi connectivity index (χ0v) is 12.4. The van der Waals surface area contributed by atoms with Crippen molar-refractivity contribution in [1.82, 2.24) is 10.2 Å². The number of rotatable bonds is 5. The number of amides is 1. The maximum atomic E-state index is 13.9. The van der Waals surface area contributed by atoms with E-state index in [1.807, 2.05) is 20.8 Å². The van der Waals surface area contributed by atoms with Gasteiger partial charge in [0.2, 0.25) is 5.91 Å². The van der Waals surface area contributed by atoms with Gasteiger partial charge in [0, 0.05) is 18.0 Å². The molecule has 0 radical (unpaired) electrons. The summed E-state index contributed by atoms with van der Waals surface area (Å²) in [5.41, 5.74) is -0.185. The van der Waals surface area contributed by atoms with Gasteiger partial charge in [0.1, 0.15) is 5.82 Å². The molecule has 1 aliphatic rings. The summed E-state index contributed by atoms with van der Waals surface area (Å²) in [6.07, 6.45) is 1.22. The first kappa shape index (κ1) is 15.0. The van der Waals surface area contributed by atoms with Crippen LogP contribution in [0.5, 0.6) is 0 Å². The van der Waals surface area contributed by atoms with E-state index in [9.17, 15) is 9.18 Å². The van der Waals surface area contributed by atoms with Crippen LogP contribution in [0.4, 0.5) is 4.39 Å². The number of likely N-dealkylation sites (tertiary alicyclic amines) is 1. The van der Waals surface area contributed by atoms with Gasteiger partial charge in [-0.25, -0.2) is 4.39 Å². The van der Waals surface area contributed by atoms with Crippen LogP contribution in [-0.2, 0) is 10.3 Å². The van der Waals surface area contributed by atoms with Crippen LogP contribution in [0.15, 0.2) is 24.3 Å². The summed E-state index contributed by atoms with van der Waals surface area (Å²) in [6, 6.07) is 6.58. The largest absolute Gasteiger partial charge is 0.347 e. The highest BCUT2D eigenvalue weighted by Crippen LogP contribution is 2.23. The van der Waals surface area contributed by atoms with Crippen molar-refractivity contribution in [2.45, 2.75) is 32.7 Å². The van der Waals surface area contributed by atoms with Crippen molar-refractivity contribution in [3.05, 3.63) is 35.6 Å². The summed E-state index contributed by atoms with van der Waals surface area (Å²) in [5.74, 6) is -0.389. The molecule has 1 fully saturated rings. The summed E-state index contributed by atoms with van der Waals surface area (Å²) >= 11 is 0. The molecule has 2 rings (SSSR count). The average Bonchev–Trinajstić information content (AvgIpc) is 2.33. The van der Waals surface area contributed by atoms with Crippen molar-refractivity contribution in [2.75, 3.05) is 19.6 Å². The summed E-state index contributed by atoms with van der Waals surface area (Å²) in [5, 5.41) is 2.96. The number of benzene rings is 1. The van der Waals surface area contributed by atoms with Crippen molar-refractivity contribution in [2.24, 2.45) is 5.92 Å². The number of halogens is 1. The number of nitrogens with one attached hydrogen (secondary N) is 1. The topological polar surface area (TPSA) is 32.3 Å².